The normalized spacial score (nSPS) is 12.6. The average Bonchev–Trinajstić information content (AvgIpc) is 2.33. The van der Waals surface area contributed by atoms with Gasteiger partial charge >= 0.3 is 45.6 Å². The maximum atomic E-state index is 11.4. The van der Waals surface area contributed by atoms with E-state index in [1.54, 1.807) is 6.92 Å². The van der Waals surface area contributed by atoms with Gasteiger partial charge in [-0.05, 0) is 12.8 Å². The van der Waals surface area contributed by atoms with Crippen molar-refractivity contribution in [2.75, 3.05) is 0 Å². The summed E-state index contributed by atoms with van der Waals surface area (Å²) in [4.78, 5) is 11.4. The molecule has 1 N–H and O–H groups in total. The summed E-state index contributed by atoms with van der Waals surface area (Å²) in [5, 5.41) is 0. The zero-order valence-corrected chi connectivity index (χ0v) is 15.7. The number of carbonyl (C=O) groups excluding carboxylic acids is 1. The number of esters is 1. The first kappa shape index (κ1) is 22.7. The first-order valence-electron chi connectivity index (χ1n) is 7.07. The summed E-state index contributed by atoms with van der Waals surface area (Å²) >= 11 is 0. The van der Waals surface area contributed by atoms with Crippen LogP contribution in [-0.2, 0) is 19.6 Å². The Bertz CT molecular complexity index is 343. The van der Waals surface area contributed by atoms with E-state index in [9.17, 15) is 13.2 Å². The Hall–Kier alpha value is 0.380. The molecule has 0 saturated heterocycles. The predicted octanol–water partition coefficient (Wildman–Crippen LogP) is 0.298. The number of carbonyl (C=O) groups is 1. The van der Waals surface area contributed by atoms with Gasteiger partial charge < -0.3 is 4.74 Å². The molecule has 114 valence electrons. The van der Waals surface area contributed by atoms with Crippen LogP contribution in [-0.4, -0.2) is 24.4 Å². The molecule has 0 saturated carbocycles. The Morgan fingerprint density at radius 3 is 2.00 bits per heavy atom. The van der Waals surface area contributed by atoms with Gasteiger partial charge in [0.25, 0.3) is 0 Å². The van der Waals surface area contributed by atoms with Crippen LogP contribution in [0.5, 0.6) is 0 Å². The summed E-state index contributed by atoms with van der Waals surface area (Å²) in [7, 11) is -4.30. The largest absolute Gasteiger partial charge is 1.00 e. The fourth-order valence-corrected chi connectivity index (χ4v) is 2.44. The van der Waals surface area contributed by atoms with E-state index in [2.05, 4.69) is 6.92 Å². The van der Waals surface area contributed by atoms with Crippen LogP contribution in [0.3, 0.4) is 0 Å². The standard InChI is InChI=1S/C13H26O5S.Na/c1-3-5-6-7-8-9-10-11-12(14)18-13(4-2)19(15,16)17;/h13H,3-11H2,1-2H3,(H,15,16,17);/q;+1. The summed E-state index contributed by atoms with van der Waals surface area (Å²) in [6.45, 7) is 3.70. The van der Waals surface area contributed by atoms with E-state index in [4.69, 9.17) is 9.29 Å². The second-order valence-electron chi connectivity index (χ2n) is 4.71. The molecule has 0 fully saturated rings. The van der Waals surface area contributed by atoms with Gasteiger partial charge in [-0.1, -0.05) is 52.4 Å². The summed E-state index contributed by atoms with van der Waals surface area (Å²) in [6.07, 6.45) is 7.85. The SMILES string of the molecule is CCCCCCCCCC(=O)OC(CC)S(=O)(=O)O.[Na+]. The number of hydrogen-bond acceptors (Lipinski definition) is 4. The van der Waals surface area contributed by atoms with Crippen molar-refractivity contribution in [2.45, 2.75) is 77.1 Å². The van der Waals surface area contributed by atoms with Crippen molar-refractivity contribution in [3.8, 4) is 0 Å². The van der Waals surface area contributed by atoms with Crippen LogP contribution in [0.25, 0.3) is 0 Å². The Kier molecular flexibility index (Phi) is 14.8. The minimum Gasteiger partial charge on any atom is -0.443 e. The average molecular weight is 317 g/mol. The number of rotatable bonds is 11. The maximum absolute atomic E-state index is 11.4. The van der Waals surface area contributed by atoms with Gasteiger partial charge in [0, 0.05) is 6.42 Å². The third-order valence-electron chi connectivity index (χ3n) is 2.91. The molecule has 0 aliphatic heterocycles. The minimum atomic E-state index is -4.30. The van der Waals surface area contributed by atoms with Crippen molar-refractivity contribution in [2.24, 2.45) is 0 Å². The fraction of sp³-hybridized carbons (Fsp3) is 0.923. The minimum absolute atomic E-state index is 0. The summed E-state index contributed by atoms with van der Waals surface area (Å²) in [6, 6.07) is 0. The van der Waals surface area contributed by atoms with E-state index >= 15 is 0 Å². The van der Waals surface area contributed by atoms with Gasteiger partial charge in [0.2, 0.25) is 5.44 Å². The van der Waals surface area contributed by atoms with Crippen LogP contribution in [0.4, 0.5) is 0 Å². The van der Waals surface area contributed by atoms with Gasteiger partial charge in [0.1, 0.15) is 0 Å². The van der Waals surface area contributed by atoms with Crippen molar-refractivity contribution in [3.05, 3.63) is 0 Å². The quantitative estimate of drug-likeness (QED) is 0.256. The van der Waals surface area contributed by atoms with Crippen LogP contribution in [0.15, 0.2) is 0 Å². The molecule has 0 aliphatic rings. The van der Waals surface area contributed by atoms with Crippen LogP contribution in [0.1, 0.15) is 71.6 Å². The molecule has 0 spiro atoms. The molecule has 5 nitrogen and oxygen atoms in total. The predicted molar refractivity (Wildman–Crippen MR) is 74.3 cm³/mol. The van der Waals surface area contributed by atoms with Gasteiger partial charge in [-0.25, -0.2) is 0 Å². The number of ether oxygens (including phenoxy) is 1. The van der Waals surface area contributed by atoms with E-state index < -0.39 is 21.5 Å². The Morgan fingerprint density at radius 2 is 1.55 bits per heavy atom. The van der Waals surface area contributed by atoms with Gasteiger partial charge in [-0.3, -0.25) is 9.35 Å². The Morgan fingerprint density at radius 1 is 1.05 bits per heavy atom. The topological polar surface area (TPSA) is 80.7 Å². The zero-order valence-electron chi connectivity index (χ0n) is 12.9. The van der Waals surface area contributed by atoms with Gasteiger partial charge in [0.05, 0.1) is 0 Å². The fourth-order valence-electron chi connectivity index (χ4n) is 1.79. The Balaban J connectivity index is 0. The molecule has 20 heavy (non-hydrogen) atoms. The molecule has 0 aromatic rings. The molecule has 1 atom stereocenters. The van der Waals surface area contributed by atoms with E-state index in [-0.39, 0.29) is 42.4 Å². The van der Waals surface area contributed by atoms with Crippen molar-refractivity contribution in [1.82, 2.24) is 0 Å². The van der Waals surface area contributed by atoms with Crippen LogP contribution in [0, 0.1) is 0 Å². The van der Waals surface area contributed by atoms with Crippen molar-refractivity contribution >= 4 is 16.1 Å². The van der Waals surface area contributed by atoms with E-state index in [1.807, 2.05) is 0 Å². The molecule has 7 heteroatoms. The van der Waals surface area contributed by atoms with E-state index in [0.717, 1.165) is 12.8 Å². The molecule has 0 amide bonds. The summed E-state index contributed by atoms with van der Waals surface area (Å²) in [5.41, 5.74) is -1.43. The monoisotopic (exact) mass is 317 g/mol. The van der Waals surface area contributed by atoms with Crippen LogP contribution < -0.4 is 29.6 Å². The molecule has 0 aliphatic carbocycles. The molecular weight excluding hydrogens is 291 g/mol. The number of hydrogen-bond donors (Lipinski definition) is 1. The van der Waals surface area contributed by atoms with Gasteiger partial charge in [-0.2, -0.15) is 8.42 Å². The number of unbranched alkanes of at least 4 members (excludes halogenated alkanes) is 6. The van der Waals surface area contributed by atoms with Gasteiger partial charge in [0.15, 0.2) is 0 Å². The zero-order chi connectivity index (χ0) is 14.7. The van der Waals surface area contributed by atoms with Crippen molar-refractivity contribution < 1.29 is 52.1 Å². The molecule has 1 unspecified atom stereocenters. The molecule has 0 bridgehead atoms. The molecule has 0 radical (unpaired) electrons. The molecular formula is C13H26NaO5S+. The van der Waals surface area contributed by atoms with E-state index in [0.29, 0.717) is 6.42 Å². The third-order valence-corrected chi connectivity index (χ3v) is 4.01. The summed E-state index contributed by atoms with van der Waals surface area (Å²) < 4.78 is 35.3. The molecule has 0 aromatic carbocycles. The van der Waals surface area contributed by atoms with Crippen LogP contribution in [0.2, 0.25) is 0 Å². The first-order chi connectivity index (χ1) is 8.91. The summed E-state index contributed by atoms with van der Waals surface area (Å²) in [5.74, 6) is -0.557. The molecule has 0 heterocycles. The van der Waals surface area contributed by atoms with Gasteiger partial charge in [-0.15, -0.1) is 0 Å². The molecule has 0 rings (SSSR count). The first-order valence-corrected chi connectivity index (χ1v) is 8.57. The second kappa shape index (κ2) is 13.1. The van der Waals surface area contributed by atoms with Crippen molar-refractivity contribution in [3.63, 3.8) is 0 Å². The second-order valence-corrected chi connectivity index (χ2v) is 6.27. The van der Waals surface area contributed by atoms with Crippen molar-refractivity contribution in [1.29, 1.82) is 0 Å². The van der Waals surface area contributed by atoms with E-state index in [1.165, 1.54) is 25.7 Å². The molecule has 0 aromatic heterocycles. The Labute approximate surface area is 144 Å². The smallest absolute Gasteiger partial charge is 0.443 e. The van der Waals surface area contributed by atoms with Crippen LogP contribution >= 0.6 is 0 Å². The maximum Gasteiger partial charge on any atom is 1.00 e. The third kappa shape index (κ3) is 12.1.